The number of nitrogens with zero attached hydrogens (tertiary/aromatic N) is 2. The average molecular weight is 398 g/mol. The van der Waals surface area contributed by atoms with Crippen LogP contribution in [-0.2, 0) is 19.1 Å². The van der Waals surface area contributed by atoms with Gasteiger partial charge in [-0.1, -0.05) is 12.2 Å². The summed E-state index contributed by atoms with van der Waals surface area (Å²) in [5.41, 5.74) is 0.629. The molecule has 1 aromatic rings. The standard InChI is InChI=1S/C21H22N2O6/c1-3-28-17(24)11-29-15-7-4-12(8-16(15)27-2)10-22-23-20(25)18-13-5-6-14(9-13)19(18)21(23)26/h4-8,10,13-14,18-19H,3,9,11H2,1-2H3/t13-,14-,18-,19+/m0/s1. The van der Waals surface area contributed by atoms with E-state index in [0.29, 0.717) is 17.1 Å². The van der Waals surface area contributed by atoms with Gasteiger partial charge in [0.1, 0.15) is 0 Å². The van der Waals surface area contributed by atoms with E-state index >= 15 is 0 Å². The second-order valence-electron chi connectivity index (χ2n) is 7.24. The van der Waals surface area contributed by atoms with Crippen molar-refractivity contribution in [2.75, 3.05) is 20.3 Å². The van der Waals surface area contributed by atoms with Crippen LogP contribution in [0.2, 0.25) is 0 Å². The van der Waals surface area contributed by atoms with Crippen molar-refractivity contribution in [3.8, 4) is 11.5 Å². The second-order valence-corrected chi connectivity index (χ2v) is 7.24. The first kappa shape index (κ1) is 19.2. The van der Waals surface area contributed by atoms with E-state index in [0.717, 1.165) is 11.4 Å². The van der Waals surface area contributed by atoms with E-state index in [-0.39, 0.29) is 48.7 Å². The number of methoxy groups -OCH3 is 1. The lowest BCUT2D eigenvalue weighted by atomic mass is 9.85. The number of benzene rings is 1. The Morgan fingerprint density at radius 1 is 1.17 bits per heavy atom. The summed E-state index contributed by atoms with van der Waals surface area (Å²) < 4.78 is 15.5. The predicted octanol–water partition coefficient (Wildman–Crippen LogP) is 1.78. The molecule has 1 aliphatic heterocycles. The summed E-state index contributed by atoms with van der Waals surface area (Å²) in [4.78, 5) is 36.8. The van der Waals surface area contributed by atoms with E-state index in [4.69, 9.17) is 14.2 Å². The number of imide groups is 1. The molecule has 0 N–H and O–H groups in total. The van der Waals surface area contributed by atoms with Crippen LogP contribution in [0.5, 0.6) is 11.5 Å². The van der Waals surface area contributed by atoms with Crippen LogP contribution in [0.1, 0.15) is 18.9 Å². The first-order valence-corrected chi connectivity index (χ1v) is 9.60. The van der Waals surface area contributed by atoms with Gasteiger partial charge in [-0.25, -0.2) is 4.79 Å². The molecule has 1 aromatic carbocycles. The van der Waals surface area contributed by atoms with Crippen LogP contribution in [0.3, 0.4) is 0 Å². The molecule has 0 radical (unpaired) electrons. The number of ether oxygens (including phenoxy) is 3. The fraction of sp³-hybridized carbons (Fsp3) is 0.429. The molecule has 4 atom stereocenters. The van der Waals surface area contributed by atoms with Gasteiger partial charge in [-0.15, -0.1) is 0 Å². The van der Waals surface area contributed by atoms with Crippen molar-refractivity contribution in [2.24, 2.45) is 28.8 Å². The van der Waals surface area contributed by atoms with Gasteiger partial charge >= 0.3 is 5.97 Å². The minimum atomic E-state index is -0.472. The summed E-state index contributed by atoms with van der Waals surface area (Å²) in [5, 5.41) is 5.15. The third-order valence-corrected chi connectivity index (χ3v) is 5.61. The van der Waals surface area contributed by atoms with Gasteiger partial charge in [0.15, 0.2) is 18.1 Å². The Kier molecular flexibility index (Phi) is 5.08. The first-order chi connectivity index (χ1) is 14.0. The molecule has 1 heterocycles. The quantitative estimate of drug-likeness (QED) is 0.301. The Bertz CT molecular complexity index is 878. The highest BCUT2D eigenvalue weighted by molar-refractivity contribution is 6.06. The minimum absolute atomic E-state index is 0.151. The van der Waals surface area contributed by atoms with Gasteiger partial charge in [-0.2, -0.15) is 10.1 Å². The maximum absolute atomic E-state index is 12.7. The van der Waals surface area contributed by atoms with Gasteiger partial charge in [-0.05, 0) is 48.9 Å². The van der Waals surface area contributed by atoms with Crippen molar-refractivity contribution in [1.29, 1.82) is 0 Å². The normalized spacial score (nSPS) is 27.0. The van der Waals surface area contributed by atoms with Crippen molar-refractivity contribution in [3.05, 3.63) is 35.9 Å². The fourth-order valence-electron chi connectivity index (χ4n) is 4.35. The van der Waals surface area contributed by atoms with E-state index in [1.54, 1.807) is 25.1 Å². The molecule has 8 nitrogen and oxygen atoms in total. The van der Waals surface area contributed by atoms with Crippen molar-refractivity contribution in [2.45, 2.75) is 13.3 Å². The summed E-state index contributed by atoms with van der Waals surface area (Å²) in [5.74, 6) is -0.398. The van der Waals surface area contributed by atoms with Gasteiger partial charge in [0.25, 0.3) is 11.8 Å². The van der Waals surface area contributed by atoms with E-state index in [2.05, 4.69) is 5.10 Å². The van der Waals surface area contributed by atoms with Crippen LogP contribution >= 0.6 is 0 Å². The molecule has 2 fully saturated rings. The summed E-state index contributed by atoms with van der Waals surface area (Å²) in [6.07, 6.45) is 6.42. The number of hydrogen-bond acceptors (Lipinski definition) is 7. The lowest BCUT2D eigenvalue weighted by Gasteiger charge is -2.13. The van der Waals surface area contributed by atoms with Gasteiger partial charge in [0.2, 0.25) is 0 Å². The lowest BCUT2D eigenvalue weighted by molar-refractivity contribution is -0.145. The van der Waals surface area contributed by atoms with Crippen LogP contribution in [0.4, 0.5) is 0 Å². The number of fused-ring (bicyclic) bond motifs is 5. The zero-order valence-electron chi connectivity index (χ0n) is 16.2. The Morgan fingerprint density at radius 2 is 1.86 bits per heavy atom. The highest BCUT2D eigenvalue weighted by atomic mass is 16.6. The average Bonchev–Trinajstić information content (AvgIpc) is 3.40. The highest BCUT2D eigenvalue weighted by Gasteiger charge is 2.59. The van der Waals surface area contributed by atoms with Crippen LogP contribution in [0, 0.1) is 23.7 Å². The molecule has 2 aliphatic carbocycles. The monoisotopic (exact) mass is 398 g/mol. The molecule has 1 saturated carbocycles. The molecular weight excluding hydrogens is 376 g/mol. The number of carbonyl (C=O) groups is 3. The van der Waals surface area contributed by atoms with Gasteiger partial charge in [0, 0.05) is 0 Å². The summed E-state index contributed by atoms with van der Waals surface area (Å²) >= 11 is 0. The van der Waals surface area contributed by atoms with E-state index < -0.39 is 5.97 Å². The molecule has 0 spiro atoms. The molecular formula is C21H22N2O6. The molecule has 0 unspecified atom stereocenters. The first-order valence-electron chi connectivity index (χ1n) is 9.60. The molecule has 2 bridgehead atoms. The highest BCUT2D eigenvalue weighted by Crippen LogP contribution is 2.52. The van der Waals surface area contributed by atoms with Crippen LogP contribution in [-0.4, -0.2) is 49.3 Å². The minimum Gasteiger partial charge on any atom is -0.493 e. The number of allylic oxidation sites excluding steroid dienone is 2. The lowest BCUT2D eigenvalue weighted by Crippen LogP contribution is -2.28. The summed E-state index contributed by atoms with van der Waals surface area (Å²) in [6.45, 7) is 1.77. The smallest absolute Gasteiger partial charge is 0.344 e. The Labute approximate surface area is 168 Å². The zero-order valence-corrected chi connectivity index (χ0v) is 16.2. The van der Waals surface area contributed by atoms with E-state index in [1.807, 2.05) is 12.2 Å². The molecule has 3 aliphatic rings. The topological polar surface area (TPSA) is 94.5 Å². The molecule has 2 amide bonds. The largest absolute Gasteiger partial charge is 0.493 e. The molecule has 1 saturated heterocycles. The molecule has 8 heteroatoms. The number of carbonyl (C=O) groups excluding carboxylic acids is 3. The van der Waals surface area contributed by atoms with Crippen LogP contribution < -0.4 is 9.47 Å². The van der Waals surface area contributed by atoms with Gasteiger partial charge < -0.3 is 14.2 Å². The maximum Gasteiger partial charge on any atom is 0.344 e. The third kappa shape index (κ3) is 3.39. The third-order valence-electron chi connectivity index (χ3n) is 5.61. The summed E-state index contributed by atoms with van der Waals surface area (Å²) in [7, 11) is 1.48. The fourth-order valence-corrected chi connectivity index (χ4v) is 4.35. The van der Waals surface area contributed by atoms with E-state index in [1.165, 1.54) is 13.3 Å². The number of amides is 2. The molecule has 4 rings (SSSR count). The Balaban J connectivity index is 1.45. The Hall–Kier alpha value is -3.16. The Morgan fingerprint density at radius 3 is 2.48 bits per heavy atom. The van der Waals surface area contributed by atoms with Crippen LogP contribution in [0.15, 0.2) is 35.5 Å². The van der Waals surface area contributed by atoms with E-state index in [9.17, 15) is 14.4 Å². The number of rotatable bonds is 7. The second kappa shape index (κ2) is 7.69. The molecule has 29 heavy (non-hydrogen) atoms. The maximum atomic E-state index is 12.7. The van der Waals surface area contributed by atoms with Gasteiger partial charge in [-0.3, -0.25) is 9.59 Å². The number of hydrazone groups is 1. The number of hydrogen-bond donors (Lipinski definition) is 0. The van der Waals surface area contributed by atoms with Crippen molar-refractivity contribution >= 4 is 24.0 Å². The zero-order chi connectivity index (χ0) is 20.5. The van der Waals surface area contributed by atoms with Crippen molar-refractivity contribution < 1.29 is 28.6 Å². The predicted molar refractivity (Wildman–Crippen MR) is 102 cm³/mol. The summed E-state index contributed by atoms with van der Waals surface area (Å²) in [6, 6.07) is 4.98. The SMILES string of the molecule is CCOC(=O)COc1ccc(C=NN2C(=O)[C@@H]3[C@H](C2=O)[C@H]2C=C[C@H]3C2)cc1OC. The molecule has 0 aromatic heterocycles. The van der Waals surface area contributed by atoms with Crippen molar-refractivity contribution in [3.63, 3.8) is 0 Å². The van der Waals surface area contributed by atoms with Crippen molar-refractivity contribution in [1.82, 2.24) is 5.01 Å². The van der Waals surface area contributed by atoms with Crippen LogP contribution in [0.25, 0.3) is 0 Å². The number of esters is 1. The molecule has 152 valence electrons. The van der Waals surface area contributed by atoms with Gasteiger partial charge in [0.05, 0.1) is 31.8 Å².